The minimum atomic E-state index is -1.62. The van der Waals surface area contributed by atoms with Crippen LogP contribution in [0.5, 0.6) is 0 Å². The molecule has 2 rings (SSSR count). The normalized spacial score (nSPS) is 19.9. The molecule has 122 valence electrons. The zero-order chi connectivity index (χ0) is 16.2. The monoisotopic (exact) mass is 385 g/mol. The summed E-state index contributed by atoms with van der Waals surface area (Å²) in [5, 5.41) is 5.07. The fraction of sp³-hybridized carbons (Fsp3) is 0.500. The molecule has 2 unspecified atom stereocenters. The van der Waals surface area contributed by atoms with Gasteiger partial charge in [0.15, 0.2) is 0 Å². The molecule has 0 bridgehead atoms. The zero-order valence-electron chi connectivity index (χ0n) is 11.7. The lowest BCUT2D eigenvalue weighted by Crippen LogP contribution is -2.97. The number of nitrogens with one attached hydrogen (secondary N) is 1. The highest BCUT2D eigenvalue weighted by molar-refractivity contribution is 6.68. The standard InChI is InChI=1S/C14H16Cl4N2O2/c15-10-5-3-9(4-6-10)12(21)20-13(14(16,17)18)19-8-11-2-1-7-22-11/h3-6,11,13,19H,1-2,7-8H2,(H,20,21)/p+1. The van der Waals surface area contributed by atoms with Crippen molar-refractivity contribution in [1.82, 2.24) is 5.32 Å². The Morgan fingerprint density at radius 1 is 1.36 bits per heavy atom. The minimum Gasteiger partial charge on any atom is -0.372 e. The van der Waals surface area contributed by atoms with Gasteiger partial charge in [-0.2, -0.15) is 0 Å². The number of hydrogen-bond acceptors (Lipinski definition) is 2. The first-order chi connectivity index (χ1) is 10.4. The Bertz CT molecular complexity index is 499. The Balaban J connectivity index is 1.96. The summed E-state index contributed by atoms with van der Waals surface area (Å²) in [6.45, 7) is 1.38. The first-order valence-electron chi connectivity index (χ1n) is 6.94. The van der Waals surface area contributed by atoms with Crippen LogP contribution in [-0.2, 0) is 4.74 Å². The highest BCUT2D eigenvalue weighted by Crippen LogP contribution is 2.27. The number of alkyl halides is 3. The van der Waals surface area contributed by atoms with E-state index in [1.54, 1.807) is 29.6 Å². The predicted octanol–water partition coefficient (Wildman–Crippen LogP) is 2.51. The molecule has 1 heterocycles. The molecule has 0 aromatic heterocycles. The molecule has 1 amide bonds. The smallest absolute Gasteiger partial charge is 0.262 e. The summed E-state index contributed by atoms with van der Waals surface area (Å²) in [5.41, 5.74) is 0.453. The van der Waals surface area contributed by atoms with Crippen molar-refractivity contribution in [2.45, 2.75) is 28.9 Å². The van der Waals surface area contributed by atoms with Crippen molar-refractivity contribution in [2.75, 3.05) is 13.2 Å². The summed E-state index contributed by atoms with van der Waals surface area (Å²) in [7, 11) is 0. The molecule has 0 aliphatic carbocycles. The summed E-state index contributed by atoms with van der Waals surface area (Å²) < 4.78 is 3.91. The van der Waals surface area contributed by atoms with Gasteiger partial charge in [-0.15, -0.1) is 0 Å². The molecule has 4 nitrogen and oxygen atoms in total. The van der Waals surface area contributed by atoms with Gasteiger partial charge in [-0.05, 0) is 37.1 Å². The third kappa shape index (κ3) is 5.44. The molecule has 0 spiro atoms. The van der Waals surface area contributed by atoms with Gasteiger partial charge in [-0.3, -0.25) is 10.1 Å². The second-order valence-electron chi connectivity index (χ2n) is 5.11. The molecule has 1 aliphatic rings. The van der Waals surface area contributed by atoms with E-state index >= 15 is 0 Å². The van der Waals surface area contributed by atoms with Gasteiger partial charge in [0.25, 0.3) is 9.70 Å². The molecule has 0 radical (unpaired) electrons. The Kier molecular flexibility index (Phi) is 6.62. The fourth-order valence-corrected chi connectivity index (χ4v) is 2.78. The number of amides is 1. The molecule has 1 aromatic carbocycles. The first-order valence-corrected chi connectivity index (χ1v) is 8.45. The molecule has 1 aromatic rings. The van der Waals surface area contributed by atoms with Crippen LogP contribution in [0.15, 0.2) is 24.3 Å². The predicted molar refractivity (Wildman–Crippen MR) is 88.8 cm³/mol. The summed E-state index contributed by atoms with van der Waals surface area (Å²) in [4.78, 5) is 12.2. The maximum absolute atomic E-state index is 12.2. The SMILES string of the molecule is O=C(NC([NH2+]CC1CCCO1)C(Cl)(Cl)Cl)c1ccc(Cl)cc1. The van der Waals surface area contributed by atoms with Crippen molar-refractivity contribution in [3.8, 4) is 0 Å². The topological polar surface area (TPSA) is 54.9 Å². The molecule has 1 saturated heterocycles. The summed E-state index contributed by atoms with van der Waals surface area (Å²) in [6.07, 6.45) is 1.44. The van der Waals surface area contributed by atoms with Crippen LogP contribution in [0, 0.1) is 0 Å². The van der Waals surface area contributed by atoms with Gasteiger partial charge in [0, 0.05) is 17.2 Å². The lowest BCUT2D eigenvalue weighted by atomic mass is 10.2. The van der Waals surface area contributed by atoms with Crippen molar-refractivity contribution in [3.63, 3.8) is 0 Å². The number of hydrogen-bond donors (Lipinski definition) is 2. The van der Waals surface area contributed by atoms with Gasteiger partial charge in [0.05, 0.1) is 0 Å². The van der Waals surface area contributed by atoms with Crippen LogP contribution in [0.1, 0.15) is 23.2 Å². The van der Waals surface area contributed by atoms with E-state index in [0.717, 1.165) is 19.4 Å². The van der Waals surface area contributed by atoms with E-state index in [1.807, 2.05) is 0 Å². The Morgan fingerprint density at radius 2 is 2.05 bits per heavy atom. The van der Waals surface area contributed by atoms with E-state index in [9.17, 15) is 4.79 Å². The molecule has 0 saturated carbocycles. The van der Waals surface area contributed by atoms with E-state index in [0.29, 0.717) is 17.1 Å². The number of ether oxygens (including phenoxy) is 1. The molecular formula is C14H17Cl4N2O2+. The number of rotatable bonds is 5. The number of nitrogens with two attached hydrogens (primary N) is 1. The quantitative estimate of drug-likeness (QED) is 0.603. The summed E-state index contributed by atoms with van der Waals surface area (Å²) in [6, 6.07) is 6.51. The number of carbonyl (C=O) groups excluding carboxylic acids is 1. The number of quaternary nitrogens is 1. The first kappa shape index (κ1) is 18.1. The lowest BCUT2D eigenvalue weighted by molar-refractivity contribution is -0.697. The molecule has 22 heavy (non-hydrogen) atoms. The van der Waals surface area contributed by atoms with Gasteiger partial charge in [0.1, 0.15) is 12.6 Å². The van der Waals surface area contributed by atoms with Crippen LogP contribution in [0.2, 0.25) is 5.02 Å². The second-order valence-corrected chi connectivity index (χ2v) is 7.91. The van der Waals surface area contributed by atoms with Crippen LogP contribution in [0.25, 0.3) is 0 Å². The fourth-order valence-electron chi connectivity index (χ4n) is 2.22. The summed E-state index contributed by atoms with van der Waals surface area (Å²) in [5.74, 6) is -0.323. The van der Waals surface area contributed by atoms with Crippen LogP contribution < -0.4 is 10.6 Å². The van der Waals surface area contributed by atoms with Gasteiger partial charge in [-0.1, -0.05) is 46.4 Å². The van der Waals surface area contributed by atoms with E-state index in [1.165, 1.54) is 0 Å². The molecule has 1 aliphatic heterocycles. The van der Waals surface area contributed by atoms with Crippen molar-refractivity contribution >= 4 is 52.3 Å². The summed E-state index contributed by atoms with van der Waals surface area (Å²) >= 11 is 23.7. The van der Waals surface area contributed by atoms with Crippen molar-refractivity contribution in [3.05, 3.63) is 34.9 Å². The molecule has 2 atom stereocenters. The largest absolute Gasteiger partial charge is 0.372 e. The van der Waals surface area contributed by atoms with E-state index in [-0.39, 0.29) is 12.0 Å². The maximum atomic E-state index is 12.2. The maximum Gasteiger partial charge on any atom is 0.262 e. The van der Waals surface area contributed by atoms with Crippen molar-refractivity contribution in [1.29, 1.82) is 0 Å². The zero-order valence-corrected chi connectivity index (χ0v) is 14.7. The number of halogens is 4. The minimum absolute atomic E-state index is 0.127. The molecular weight excluding hydrogens is 370 g/mol. The Labute approximate surface area is 149 Å². The lowest BCUT2D eigenvalue weighted by Gasteiger charge is -2.24. The van der Waals surface area contributed by atoms with Crippen molar-refractivity contribution in [2.24, 2.45) is 0 Å². The van der Waals surface area contributed by atoms with Gasteiger partial charge >= 0.3 is 0 Å². The van der Waals surface area contributed by atoms with Crippen molar-refractivity contribution < 1.29 is 14.8 Å². The van der Waals surface area contributed by atoms with Crippen LogP contribution >= 0.6 is 46.4 Å². The molecule has 3 N–H and O–H groups in total. The number of carbonyl (C=O) groups is 1. The second kappa shape index (κ2) is 8.04. The van der Waals surface area contributed by atoms with E-state index < -0.39 is 9.96 Å². The Morgan fingerprint density at radius 3 is 2.59 bits per heavy atom. The number of benzene rings is 1. The van der Waals surface area contributed by atoms with Gasteiger partial charge in [-0.25, -0.2) is 0 Å². The average Bonchev–Trinajstić information content (AvgIpc) is 2.96. The highest BCUT2D eigenvalue weighted by Gasteiger charge is 2.38. The third-order valence-corrected chi connectivity index (χ3v) is 4.36. The van der Waals surface area contributed by atoms with E-state index in [4.69, 9.17) is 51.1 Å². The Hall–Kier alpha value is -0.230. The molecule has 1 fully saturated rings. The van der Waals surface area contributed by atoms with Crippen LogP contribution in [-0.4, -0.2) is 35.1 Å². The van der Waals surface area contributed by atoms with Crippen LogP contribution in [0.4, 0.5) is 0 Å². The average molecular weight is 387 g/mol. The molecule has 8 heteroatoms. The van der Waals surface area contributed by atoms with E-state index in [2.05, 4.69) is 5.32 Å². The van der Waals surface area contributed by atoms with Crippen LogP contribution in [0.3, 0.4) is 0 Å². The third-order valence-electron chi connectivity index (χ3n) is 3.40. The highest BCUT2D eigenvalue weighted by atomic mass is 35.6. The van der Waals surface area contributed by atoms with Gasteiger partial charge < -0.3 is 10.1 Å². The van der Waals surface area contributed by atoms with Gasteiger partial charge in [0.2, 0.25) is 6.17 Å².